The first-order valence-electron chi connectivity index (χ1n) is 9.37. The highest BCUT2D eigenvalue weighted by Crippen LogP contribution is 2.38. The molecular weight excluding hydrogens is 310 g/mol. The van der Waals surface area contributed by atoms with Gasteiger partial charge in [0.25, 0.3) is 0 Å². The van der Waals surface area contributed by atoms with Gasteiger partial charge in [-0.3, -0.25) is 0 Å². The maximum atomic E-state index is 4.70. The molecule has 3 aliphatic rings. The summed E-state index contributed by atoms with van der Waals surface area (Å²) in [7, 11) is 2.19. The standard InChI is InChI=1S/C20H25N5/c1-23-9-8-18-17(12-23)20(22-14-21-18)24-11-15-7-10-25(19(15)13-24)16-5-3-2-4-6-16/h2-6,14-15,19H,7-13H2,1H3. The molecule has 0 amide bonds. The molecule has 0 aliphatic carbocycles. The van der Waals surface area contributed by atoms with Crippen molar-refractivity contribution in [2.45, 2.75) is 25.4 Å². The zero-order chi connectivity index (χ0) is 16.8. The zero-order valence-corrected chi connectivity index (χ0v) is 14.8. The van der Waals surface area contributed by atoms with Crippen LogP contribution in [0.5, 0.6) is 0 Å². The van der Waals surface area contributed by atoms with Crippen molar-refractivity contribution >= 4 is 11.5 Å². The van der Waals surface area contributed by atoms with Crippen LogP contribution in [0, 0.1) is 5.92 Å². The molecule has 0 spiro atoms. The Morgan fingerprint density at radius 3 is 2.80 bits per heavy atom. The van der Waals surface area contributed by atoms with Crippen LogP contribution in [0.2, 0.25) is 0 Å². The molecule has 3 aliphatic heterocycles. The lowest BCUT2D eigenvalue weighted by atomic mass is 10.0. The Labute approximate surface area is 149 Å². The Kier molecular flexibility index (Phi) is 3.63. The minimum absolute atomic E-state index is 0.606. The predicted octanol–water partition coefficient (Wildman–Crippen LogP) is 2.18. The molecule has 130 valence electrons. The number of para-hydroxylation sites is 1. The molecule has 5 rings (SSSR count). The molecule has 2 fully saturated rings. The lowest BCUT2D eigenvalue weighted by molar-refractivity contribution is 0.309. The van der Waals surface area contributed by atoms with Gasteiger partial charge in [-0.1, -0.05) is 18.2 Å². The van der Waals surface area contributed by atoms with Gasteiger partial charge in [0, 0.05) is 56.3 Å². The third kappa shape index (κ3) is 2.58. The minimum Gasteiger partial charge on any atom is -0.366 e. The first-order valence-corrected chi connectivity index (χ1v) is 9.37. The summed E-state index contributed by atoms with van der Waals surface area (Å²) in [4.78, 5) is 16.7. The van der Waals surface area contributed by atoms with Crippen molar-refractivity contribution in [3.63, 3.8) is 0 Å². The summed E-state index contributed by atoms with van der Waals surface area (Å²) in [5.41, 5.74) is 3.96. The highest BCUT2D eigenvalue weighted by atomic mass is 15.3. The van der Waals surface area contributed by atoms with Gasteiger partial charge in [-0.05, 0) is 25.6 Å². The molecule has 25 heavy (non-hydrogen) atoms. The average molecular weight is 335 g/mol. The van der Waals surface area contributed by atoms with E-state index in [0.717, 1.165) is 38.5 Å². The molecule has 4 heterocycles. The number of likely N-dealkylation sites (N-methyl/N-ethyl adjacent to an activating group) is 1. The normalized spacial score (nSPS) is 26.0. The fourth-order valence-corrected chi connectivity index (χ4v) is 4.81. The first kappa shape index (κ1) is 15.1. The van der Waals surface area contributed by atoms with E-state index in [2.05, 4.69) is 57.1 Å². The van der Waals surface area contributed by atoms with Crippen LogP contribution in [0.4, 0.5) is 11.5 Å². The molecule has 5 nitrogen and oxygen atoms in total. The van der Waals surface area contributed by atoms with E-state index >= 15 is 0 Å². The zero-order valence-electron chi connectivity index (χ0n) is 14.8. The topological polar surface area (TPSA) is 35.5 Å². The van der Waals surface area contributed by atoms with E-state index < -0.39 is 0 Å². The van der Waals surface area contributed by atoms with E-state index in [9.17, 15) is 0 Å². The van der Waals surface area contributed by atoms with E-state index in [1.807, 2.05) is 0 Å². The molecule has 5 heteroatoms. The van der Waals surface area contributed by atoms with Crippen LogP contribution < -0.4 is 9.80 Å². The fraction of sp³-hybridized carbons (Fsp3) is 0.500. The van der Waals surface area contributed by atoms with Crippen LogP contribution in [0.25, 0.3) is 0 Å². The molecule has 2 unspecified atom stereocenters. The number of rotatable bonds is 2. The van der Waals surface area contributed by atoms with Crippen LogP contribution in [0.3, 0.4) is 0 Å². The van der Waals surface area contributed by atoms with E-state index in [1.54, 1.807) is 6.33 Å². The number of nitrogens with zero attached hydrogens (tertiary/aromatic N) is 5. The number of hydrogen-bond acceptors (Lipinski definition) is 5. The summed E-state index contributed by atoms with van der Waals surface area (Å²) in [5.74, 6) is 1.92. The van der Waals surface area contributed by atoms with Gasteiger partial charge in [-0.25, -0.2) is 9.97 Å². The Morgan fingerprint density at radius 2 is 1.92 bits per heavy atom. The van der Waals surface area contributed by atoms with Gasteiger partial charge in [0.15, 0.2) is 0 Å². The van der Waals surface area contributed by atoms with Crippen molar-refractivity contribution in [1.82, 2.24) is 14.9 Å². The molecule has 0 N–H and O–H groups in total. The third-order valence-electron chi connectivity index (χ3n) is 6.11. The Morgan fingerprint density at radius 1 is 1.04 bits per heavy atom. The minimum atomic E-state index is 0.606. The largest absolute Gasteiger partial charge is 0.366 e. The highest BCUT2D eigenvalue weighted by Gasteiger charge is 2.42. The summed E-state index contributed by atoms with van der Waals surface area (Å²) in [6, 6.07) is 11.5. The Hall–Kier alpha value is -2.14. The lowest BCUT2D eigenvalue weighted by Crippen LogP contribution is -2.36. The van der Waals surface area contributed by atoms with Crippen LogP contribution in [-0.2, 0) is 13.0 Å². The van der Waals surface area contributed by atoms with Crippen molar-refractivity contribution in [2.24, 2.45) is 5.92 Å². The maximum absolute atomic E-state index is 4.70. The van der Waals surface area contributed by atoms with Gasteiger partial charge in [-0.15, -0.1) is 0 Å². The van der Waals surface area contributed by atoms with E-state index in [0.29, 0.717) is 6.04 Å². The second-order valence-electron chi connectivity index (χ2n) is 7.66. The molecule has 2 aromatic rings. The molecule has 0 radical (unpaired) electrons. The number of anilines is 2. The second-order valence-corrected chi connectivity index (χ2v) is 7.66. The Balaban J connectivity index is 1.42. The molecule has 2 saturated heterocycles. The van der Waals surface area contributed by atoms with Crippen LogP contribution in [0.1, 0.15) is 17.7 Å². The van der Waals surface area contributed by atoms with Gasteiger partial charge in [0.1, 0.15) is 12.1 Å². The van der Waals surface area contributed by atoms with Crippen LogP contribution >= 0.6 is 0 Å². The number of aromatic nitrogens is 2. The van der Waals surface area contributed by atoms with Crippen molar-refractivity contribution in [3.05, 3.63) is 47.9 Å². The van der Waals surface area contributed by atoms with Gasteiger partial charge in [0.05, 0.1) is 11.7 Å². The average Bonchev–Trinajstić information content (AvgIpc) is 3.22. The summed E-state index contributed by atoms with van der Waals surface area (Å²) in [6.07, 6.45) is 4.09. The number of benzene rings is 1. The van der Waals surface area contributed by atoms with Gasteiger partial charge < -0.3 is 14.7 Å². The second kappa shape index (κ2) is 5.99. The molecule has 0 saturated carbocycles. The predicted molar refractivity (Wildman–Crippen MR) is 100.0 cm³/mol. The van der Waals surface area contributed by atoms with Crippen molar-refractivity contribution < 1.29 is 0 Å². The van der Waals surface area contributed by atoms with Crippen molar-refractivity contribution in [3.8, 4) is 0 Å². The monoisotopic (exact) mass is 335 g/mol. The summed E-state index contributed by atoms with van der Waals surface area (Å²) in [6.45, 7) is 5.45. The first-order chi connectivity index (χ1) is 12.3. The van der Waals surface area contributed by atoms with Crippen LogP contribution in [-0.4, -0.2) is 54.1 Å². The molecule has 1 aromatic heterocycles. The summed E-state index contributed by atoms with van der Waals surface area (Å²) in [5, 5.41) is 0. The van der Waals surface area contributed by atoms with Crippen LogP contribution in [0.15, 0.2) is 36.7 Å². The molecule has 1 aromatic carbocycles. The molecule has 0 bridgehead atoms. The maximum Gasteiger partial charge on any atom is 0.136 e. The number of fused-ring (bicyclic) bond motifs is 2. The van der Waals surface area contributed by atoms with Crippen molar-refractivity contribution in [2.75, 3.05) is 43.0 Å². The van der Waals surface area contributed by atoms with Gasteiger partial charge in [0.2, 0.25) is 0 Å². The fourth-order valence-electron chi connectivity index (χ4n) is 4.81. The lowest BCUT2D eigenvalue weighted by Gasteiger charge is -2.30. The van der Waals surface area contributed by atoms with E-state index in [1.165, 1.54) is 35.7 Å². The summed E-state index contributed by atoms with van der Waals surface area (Å²) >= 11 is 0. The van der Waals surface area contributed by atoms with Gasteiger partial charge >= 0.3 is 0 Å². The molecule has 2 atom stereocenters. The summed E-state index contributed by atoms with van der Waals surface area (Å²) < 4.78 is 0. The molecular formula is C20H25N5. The SMILES string of the molecule is CN1CCc2ncnc(N3CC4CCN(c5ccccc5)C4C3)c2C1. The van der Waals surface area contributed by atoms with Gasteiger partial charge in [-0.2, -0.15) is 0 Å². The smallest absolute Gasteiger partial charge is 0.136 e. The Bertz CT molecular complexity index is 762. The quantitative estimate of drug-likeness (QED) is 0.841. The van der Waals surface area contributed by atoms with E-state index in [-0.39, 0.29) is 0 Å². The third-order valence-corrected chi connectivity index (χ3v) is 6.11. The number of hydrogen-bond donors (Lipinski definition) is 0. The highest BCUT2D eigenvalue weighted by molar-refractivity contribution is 5.54. The van der Waals surface area contributed by atoms with E-state index in [4.69, 9.17) is 4.98 Å². The van der Waals surface area contributed by atoms with Crippen molar-refractivity contribution in [1.29, 1.82) is 0 Å².